The van der Waals surface area contributed by atoms with Gasteiger partial charge in [0.05, 0.1) is 6.61 Å². The second-order valence-electron chi connectivity index (χ2n) is 10.6. The zero-order valence-corrected chi connectivity index (χ0v) is 30.1. The van der Waals surface area contributed by atoms with Crippen molar-refractivity contribution in [1.29, 1.82) is 0 Å². The van der Waals surface area contributed by atoms with E-state index in [1.165, 1.54) is 18.0 Å². The summed E-state index contributed by atoms with van der Waals surface area (Å²) < 4.78 is 83.3. The number of unbranched alkanes of at least 4 members (excludes halogenated alkanes) is 1. The minimum absolute atomic E-state index is 0.00112. The van der Waals surface area contributed by atoms with Crippen LogP contribution in [0.25, 0.3) is 0 Å². The molecule has 0 saturated carbocycles. The molecule has 0 N–H and O–H groups in total. The second kappa shape index (κ2) is 17.0. The molecule has 3 heterocycles. The van der Waals surface area contributed by atoms with E-state index in [-0.39, 0.29) is 6.42 Å². The SMILES string of the molecule is CCCCP(=O)([O-])OP(=O)([O-])OP(=O)([O-])OP(=O)([O-])OC[C@H]1O[C@@H](n2ccc(SCCC)nc2=O)[C@H]2OC(CCc3ccccc3)OC12. The van der Waals surface area contributed by atoms with Gasteiger partial charge in [0.1, 0.15) is 30.9 Å². The Morgan fingerprint density at radius 1 is 0.875 bits per heavy atom. The Labute approximate surface area is 280 Å². The molecule has 0 amide bonds. The molecule has 6 unspecified atom stereocenters. The fraction of sp³-hybridized carbons (Fsp3) is 0.600. The van der Waals surface area contributed by atoms with Gasteiger partial charge in [0, 0.05) is 18.8 Å². The van der Waals surface area contributed by atoms with Crippen LogP contribution >= 0.6 is 42.8 Å². The molecule has 0 radical (unpaired) electrons. The number of aryl methyl sites for hydroxylation is 1. The Morgan fingerprint density at radius 2 is 1.54 bits per heavy atom. The fourth-order valence-electron chi connectivity index (χ4n) is 4.71. The Morgan fingerprint density at radius 3 is 2.21 bits per heavy atom. The average molecular weight is 775 g/mol. The number of phosphoric acid groups is 3. The maximum Gasteiger partial charge on any atom is 0.350 e. The Hall–Kier alpha value is -1.07. The first-order valence-corrected chi connectivity index (χ1v) is 21.9. The first-order chi connectivity index (χ1) is 22.5. The largest absolute Gasteiger partial charge is 0.778 e. The predicted octanol–water partition coefficient (Wildman–Crippen LogP) is 2.21. The smallest absolute Gasteiger partial charge is 0.350 e. The molecule has 1 aromatic heterocycles. The van der Waals surface area contributed by atoms with Gasteiger partial charge in [-0.25, -0.2) is 13.4 Å². The lowest BCUT2D eigenvalue weighted by Gasteiger charge is -2.36. The molecule has 0 bridgehead atoms. The van der Waals surface area contributed by atoms with Gasteiger partial charge in [-0.05, 0) is 36.6 Å². The third-order valence-corrected chi connectivity index (χ3v) is 14.2. The summed E-state index contributed by atoms with van der Waals surface area (Å²) >= 11 is 1.38. The van der Waals surface area contributed by atoms with E-state index in [1.54, 1.807) is 13.0 Å². The summed E-state index contributed by atoms with van der Waals surface area (Å²) in [7, 11) is -23.5. The molecule has 2 aliphatic rings. The normalized spacial score (nSPS) is 27.4. The van der Waals surface area contributed by atoms with E-state index in [1.807, 2.05) is 37.3 Å². The molecule has 2 fully saturated rings. The summed E-state index contributed by atoms with van der Waals surface area (Å²) in [6.45, 7) is 2.65. The van der Waals surface area contributed by atoms with Crippen LogP contribution in [0.1, 0.15) is 51.3 Å². The maximum absolute atomic E-state index is 12.9. The summed E-state index contributed by atoms with van der Waals surface area (Å²) in [5, 5.41) is 0.484. The highest BCUT2D eigenvalue weighted by Gasteiger charge is 2.54. The van der Waals surface area contributed by atoms with Crippen LogP contribution in [0.15, 0.2) is 52.4 Å². The van der Waals surface area contributed by atoms with Gasteiger partial charge in [-0.2, -0.15) is 4.98 Å². The molecule has 48 heavy (non-hydrogen) atoms. The van der Waals surface area contributed by atoms with E-state index in [4.69, 9.17) is 14.2 Å². The number of fused-ring (bicyclic) bond motifs is 1. The number of hydrogen-bond donors (Lipinski definition) is 0. The van der Waals surface area contributed by atoms with Crippen LogP contribution < -0.4 is 25.3 Å². The van der Waals surface area contributed by atoms with Crippen molar-refractivity contribution >= 4 is 42.8 Å². The van der Waals surface area contributed by atoms with E-state index in [0.29, 0.717) is 24.3 Å². The van der Waals surface area contributed by atoms with Gasteiger partial charge >= 0.3 is 5.69 Å². The highest BCUT2D eigenvalue weighted by molar-refractivity contribution is 7.99. The Balaban J connectivity index is 1.44. The van der Waals surface area contributed by atoms with Crippen molar-refractivity contribution in [2.75, 3.05) is 18.5 Å². The monoisotopic (exact) mass is 774 g/mol. The summed E-state index contributed by atoms with van der Waals surface area (Å²) in [6, 6.07) is 11.0. The van der Waals surface area contributed by atoms with Crippen LogP contribution in [0.4, 0.5) is 0 Å². The molecule has 2 saturated heterocycles. The van der Waals surface area contributed by atoms with E-state index in [2.05, 4.69) is 22.4 Å². The van der Waals surface area contributed by atoms with E-state index in [9.17, 15) is 42.6 Å². The summed E-state index contributed by atoms with van der Waals surface area (Å²) in [5.41, 5.74) is 0.317. The van der Waals surface area contributed by atoms with E-state index < -0.39 is 80.4 Å². The number of hydrogen-bond acceptors (Lipinski definition) is 18. The lowest BCUT2D eigenvalue weighted by Crippen LogP contribution is -2.34. The number of nitrogens with zero attached hydrogens (tertiary/aromatic N) is 2. The molecule has 4 rings (SSSR count). The van der Waals surface area contributed by atoms with Crippen molar-refractivity contribution in [3.8, 4) is 0 Å². The van der Waals surface area contributed by atoms with E-state index >= 15 is 0 Å². The van der Waals surface area contributed by atoms with Crippen molar-refractivity contribution in [3.05, 3.63) is 58.6 Å². The van der Waals surface area contributed by atoms with Crippen molar-refractivity contribution in [1.82, 2.24) is 9.55 Å². The van der Waals surface area contributed by atoms with Gasteiger partial charge < -0.3 is 42.9 Å². The number of benzene rings is 1. The van der Waals surface area contributed by atoms with Gasteiger partial charge in [0.25, 0.3) is 23.5 Å². The van der Waals surface area contributed by atoms with Gasteiger partial charge in [-0.1, -0.05) is 50.6 Å². The third-order valence-electron chi connectivity index (χ3n) is 6.75. The second-order valence-corrected chi connectivity index (χ2v) is 18.3. The van der Waals surface area contributed by atoms with Crippen LogP contribution in [0.2, 0.25) is 0 Å². The summed E-state index contributed by atoms with van der Waals surface area (Å²) in [5.74, 6) is 0.733. The van der Waals surface area contributed by atoms with Gasteiger partial charge in [-0.3, -0.25) is 22.6 Å². The van der Waals surface area contributed by atoms with Crippen molar-refractivity contribution in [2.24, 2.45) is 0 Å². The molecule has 18 nitrogen and oxygen atoms in total. The van der Waals surface area contributed by atoms with Gasteiger partial charge in [0.2, 0.25) is 0 Å². The van der Waals surface area contributed by atoms with Crippen LogP contribution in [0.5, 0.6) is 0 Å². The topological polar surface area (TPSA) is 260 Å². The maximum atomic E-state index is 12.9. The summed E-state index contributed by atoms with van der Waals surface area (Å²) in [4.78, 5) is 65.2. The minimum atomic E-state index is -6.32. The number of phosphoric ester groups is 1. The standard InChI is InChI=1S/C25H38N2O16P4S/c1-3-5-15-44(29,30)41-46(33,34)43-47(35,36)42-45(31,32)37-17-19-22-23(40-21(39-22)12-11-18-9-7-6-8-10-18)24(38-19)27-14-13-20(26-25(27)28)48-16-4-2/h6-10,13-14,19,21-24H,3-5,11-12,15-17H2,1-2H3,(H,29,30)(H,31,32)(H,33,34)(H,35,36)/p-4/t19-,21?,22?,23+,24-/m1/s1. The number of ether oxygens (including phenoxy) is 3. The highest BCUT2D eigenvalue weighted by atomic mass is 32.2. The van der Waals surface area contributed by atoms with Crippen molar-refractivity contribution < 1.29 is 69.5 Å². The quantitative estimate of drug-likeness (QED) is 0.113. The first-order valence-electron chi connectivity index (χ1n) is 14.8. The van der Waals surface area contributed by atoms with Crippen LogP contribution in [0, 0.1) is 0 Å². The molecular formula is C25H34N2O16P4S-4. The minimum Gasteiger partial charge on any atom is -0.778 e. The van der Waals surface area contributed by atoms with Crippen LogP contribution in [0.3, 0.4) is 0 Å². The Kier molecular flexibility index (Phi) is 14.0. The van der Waals surface area contributed by atoms with Crippen LogP contribution in [-0.2, 0) is 56.3 Å². The van der Waals surface area contributed by atoms with Crippen molar-refractivity contribution in [3.63, 3.8) is 0 Å². The molecule has 9 atom stereocenters. The molecule has 1 aromatic carbocycles. The molecular weight excluding hydrogens is 740 g/mol. The molecule has 2 aromatic rings. The number of thioether (sulfide) groups is 1. The molecule has 23 heteroatoms. The van der Waals surface area contributed by atoms with Gasteiger partial charge in [-0.15, -0.1) is 11.8 Å². The Bertz CT molecular complexity index is 1630. The first kappa shape index (κ1) is 39.7. The lowest BCUT2D eigenvalue weighted by atomic mass is 10.1. The van der Waals surface area contributed by atoms with E-state index in [0.717, 1.165) is 22.3 Å². The summed E-state index contributed by atoms with van der Waals surface area (Å²) in [6.07, 6.45) is -2.38. The lowest BCUT2D eigenvalue weighted by molar-refractivity contribution is -0.251. The number of aromatic nitrogens is 2. The van der Waals surface area contributed by atoms with Crippen molar-refractivity contribution in [2.45, 2.75) is 81.8 Å². The zero-order valence-electron chi connectivity index (χ0n) is 25.7. The highest BCUT2D eigenvalue weighted by Crippen LogP contribution is 2.66. The average Bonchev–Trinajstić information content (AvgIpc) is 3.55. The van der Waals surface area contributed by atoms with Crippen LogP contribution in [-0.4, -0.2) is 52.7 Å². The third kappa shape index (κ3) is 11.7. The number of rotatable bonds is 19. The fourth-order valence-corrected chi connectivity index (χ4v) is 10.9. The predicted molar refractivity (Wildman–Crippen MR) is 161 cm³/mol. The zero-order chi connectivity index (χ0) is 35.2. The molecule has 0 spiro atoms. The molecule has 0 aliphatic carbocycles. The molecule has 2 aliphatic heterocycles. The van der Waals surface area contributed by atoms with Gasteiger partial charge in [0.15, 0.2) is 12.5 Å². The molecule has 270 valence electrons.